The van der Waals surface area contributed by atoms with Gasteiger partial charge in [-0.2, -0.15) is 0 Å². The normalized spacial score (nSPS) is 9.89. The number of aryl methyl sites for hydroxylation is 1. The van der Waals surface area contributed by atoms with Crippen molar-refractivity contribution in [1.29, 1.82) is 0 Å². The molecule has 6 heteroatoms. The molecule has 0 bridgehead atoms. The number of nitrogens with one attached hydrogen (secondary N) is 2. The van der Waals surface area contributed by atoms with E-state index in [1.54, 1.807) is 18.2 Å². The minimum absolute atomic E-state index is 0.242. The summed E-state index contributed by atoms with van der Waals surface area (Å²) in [6.45, 7) is 1.59. The number of aliphatic hydroxyl groups is 1. The summed E-state index contributed by atoms with van der Waals surface area (Å²) in [7, 11) is 0. The Morgan fingerprint density at radius 2 is 1.89 bits per heavy atom. The van der Waals surface area contributed by atoms with Gasteiger partial charge in [-0.05, 0) is 30.7 Å². The summed E-state index contributed by atoms with van der Waals surface area (Å²) in [6, 6.07) is 5.12. The minimum Gasteiger partial charge on any atom is -0.384 e. The zero-order valence-corrected chi connectivity index (χ0v) is 9.65. The number of H-pyrrole nitrogens is 2. The maximum Gasteiger partial charge on any atom is 0.348 e. The van der Waals surface area contributed by atoms with Crippen LogP contribution >= 0.6 is 0 Å². The molecule has 0 atom stereocenters. The molecule has 2 aromatic rings. The van der Waals surface area contributed by atoms with Gasteiger partial charge in [-0.25, -0.2) is 24.4 Å². The second-order valence-corrected chi connectivity index (χ2v) is 3.71. The fraction of sp³-hybridized carbons (Fsp3) is 0.167. The van der Waals surface area contributed by atoms with Crippen LogP contribution in [0.4, 0.5) is 0 Å². The summed E-state index contributed by atoms with van der Waals surface area (Å²) < 4.78 is 0.983. The first kappa shape index (κ1) is 12.0. The lowest BCUT2D eigenvalue weighted by Crippen LogP contribution is -2.24. The van der Waals surface area contributed by atoms with Crippen LogP contribution in [-0.4, -0.2) is 26.5 Å². The molecule has 0 radical (unpaired) electrons. The fourth-order valence-corrected chi connectivity index (χ4v) is 1.65. The van der Waals surface area contributed by atoms with Crippen LogP contribution in [0.25, 0.3) is 5.69 Å². The molecule has 6 nitrogen and oxygen atoms in total. The van der Waals surface area contributed by atoms with Gasteiger partial charge in [0, 0.05) is 5.56 Å². The van der Waals surface area contributed by atoms with E-state index in [-0.39, 0.29) is 6.61 Å². The van der Waals surface area contributed by atoms with Gasteiger partial charge in [0.25, 0.3) is 0 Å². The van der Waals surface area contributed by atoms with E-state index in [9.17, 15) is 9.59 Å². The highest BCUT2D eigenvalue weighted by atomic mass is 16.2. The van der Waals surface area contributed by atoms with Gasteiger partial charge < -0.3 is 5.11 Å². The summed E-state index contributed by atoms with van der Waals surface area (Å²) in [5.74, 6) is 5.26. The highest BCUT2D eigenvalue weighted by Gasteiger charge is 2.06. The van der Waals surface area contributed by atoms with Crippen molar-refractivity contribution in [2.75, 3.05) is 6.61 Å². The molecule has 0 amide bonds. The van der Waals surface area contributed by atoms with Gasteiger partial charge in [0.05, 0.1) is 5.69 Å². The molecule has 0 spiro atoms. The van der Waals surface area contributed by atoms with E-state index in [0.717, 1.165) is 10.1 Å². The zero-order valence-electron chi connectivity index (χ0n) is 9.65. The third kappa shape index (κ3) is 2.26. The molecule has 1 heterocycles. The van der Waals surface area contributed by atoms with Gasteiger partial charge in [0.1, 0.15) is 6.61 Å². The lowest BCUT2D eigenvalue weighted by molar-refractivity contribution is 0.350. The van der Waals surface area contributed by atoms with Crippen LogP contribution in [0.1, 0.15) is 11.1 Å². The smallest absolute Gasteiger partial charge is 0.348 e. The molecule has 92 valence electrons. The molecule has 0 fully saturated rings. The number of nitrogens with zero attached hydrogens (tertiary/aromatic N) is 1. The Hall–Kier alpha value is -2.52. The summed E-state index contributed by atoms with van der Waals surface area (Å²) >= 11 is 0. The Kier molecular flexibility index (Phi) is 3.17. The summed E-state index contributed by atoms with van der Waals surface area (Å²) in [5, 5.41) is 13.1. The second kappa shape index (κ2) is 4.77. The summed E-state index contributed by atoms with van der Waals surface area (Å²) in [6.07, 6.45) is 0. The SMILES string of the molecule is Cc1cc(C#CCO)cc(-n2c(=O)[nH][nH]c2=O)c1. The van der Waals surface area contributed by atoms with Gasteiger partial charge in [-0.15, -0.1) is 0 Å². The Labute approximate surface area is 102 Å². The van der Waals surface area contributed by atoms with Crippen molar-refractivity contribution in [2.24, 2.45) is 0 Å². The minimum atomic E-state index is -0.535. The predicted molar refractivity (Wildman–Crippen MR) is 65.7 cm³/mol. The molecule has 18 heavy (non-hydrogen) atoms. The molecular weight excluding hydrogens is 234 g/mol. The molecular formula is C12H11N3O3. The number of aromatic amines is 2. The van der Waals surface area contributed by atoms with Crippen molar-refractivity contribution in [3.05, 3.63) is 50.3 Å². The monoisotopic (exact) mass is 245 g/mol. The fourth-order valence-electron chi connectivity index (χ4n) is 1.65. The van der Waals surface area contributed by atoms with E-state index in [1.807, 2.05) is 6.92 Å². The van der Waals surface area contributed by atoms with Crippen molar-refractivity contribution in [2.45, 2.75) is 6.92 Å². The first-order chi connectivity index (χ1) is 8.61. The quantitative estimate of drug-likeness (QED) is 0.592. The molecule has 0 aliphatic rings. The van der Waals surface area contributed by atoms with Crippen LogP contribution in [-0.2, 0) is 0 Å². The summed E-state index contributed by atoms with van der Waals surface area (Å²) in [4.78, 5) is 23.0. The highest BCUT2D eigenvalue weighted by molar-refractivity contribution is 5.46. The van der Waals surface area contributed by atoms with Crippen molar-refractivity contribution < 1.29 is 5.11 Å². The van der Waals surface area contributed by atoms with Crippen LogP contribution in [0.2, 0.25) is 0 Å². The Morgan fingerprint density at radius 1 is 1.22 bits per heavy atom. The standard InChI is InChI=1S/C12H11N3O3/c1-8-5-9(3-2-4-16)7-10(6-8)15-11(17)13-14-12(15)18/h5-7,16H,4H2,1H3,(H,13,17)(H,14,18). The van der Waals surface area contributed by atoms with Crippen LogP contribution < -0.4 is 11.4 Å². The number of rotatable bonds is 1. The van der Waals surface area contributed by atoms with E-state index >= 15 is 0 Å². The largest absolute Gasteiger partial charge is 0.384 e. The van der Waals surface area contributed by atoms with E-state index in [2.05, 4.69) is 22.0 Å². The highest BCUT2D eigenvalue weighted by Crippen LogP contribution is 2.10. The predicted octanol–water partition coefficient (Wildman–Crippen LogP) is -0.494. The van der Waals surface area contributed by atoms with Gasteiger partial charge in [0.2, 0.25) is 0 Å². The lowest BCUT2D eigenvalue weighted by Gasteiger charge is -2.02. The molecule has 2 rings (SSSR count). The van der Waals surface area contributed by atoms with Crippen LogP contribution in [0, 0.1) is 18.8 Å². The number of aromatic nitrogens is 3. The van der Waals surface area contributed by atoms with E-state index in [4.69, 9.17) is 5.11 Å². The Balaban J connectivity index is 2.63. The average molecular weight is 245 g/mol. The number of benzene rings is 1. The van der Waals surface area contributed by atoms with Crippen molar-refractivity contribution in [3.63, 3.8) is 0 Å². The van der Waals surface area contributed by atoms with Gasteiger partial charge in [-0.3, -0.25) is 0 Å². The van der Waals surface area contributed by atoms with E-state index < -0.39 is 11.4 Å². The van der Waals surface area contributed by atoms with E-state index in [1.165, 1.54) is 0 Å². The first-order valence-electron chi connectivity index (χ1n) is 5.23. The maximum atomic E-state index is 11.5. The van der Waals surface area contributed by atoms with Gasteiger partial charge >= 0.3 is 11.4 Å². The third-order valence-electron chi connectivity index (χ3n) is 2.31. The molecule has 1 aromatic heterocycles. The van der Waals surface area contributed by atoms with Crippen LogP contribution in [0.5, 0.6) is 0 Å². The van der Waals surface area contributed by atoms with Gasteiger partial charge in [0.15, 0.2) is 0 Å². The van der Waals surface area contributed by atoms with Crippen LogP contribution in [0.15, 0.2) is 27.8 Å². The van der Waals surface area contributed by atoms with E-state index in [0.29, 0.717) is 11.3 Å². The molecule has 1 aromatic carbocycles. The lowest BCUT2D eigenvalue weighted by atomic mass is 10.1. The third-order valence-corrected chi connectivity index (χ3v) is 2.31. The molecule has 3 N–H and O–H groups in total. The first-order valence-corrected chi connectivity index (χ1v) is 5.23. The average Bonchev–Trinajstić information content (AvgIpc) is 2.66. The molecule has 0 saturated heterocycles. The summed E-state index contributed by atoms with van der Waals surface area (Å²) in [5.41, 5.74) is 0.858. The van der Waals surface area contributed by atoms with Crippen LogP contribution in [0.3, 0.4) is 0 Å². The number of aliphatic hydroxyl groups excluding tert-OH is 1. The Morgan fingerprint density at radius 3 is 2.50 bits per heavy atom. The topological polar surface area (TPSA) is 90.9 Å². The maximum absolute atomic E-state index is 11.5. The molecule has 0 aliphatic heterocycles. The molecule has 0 unspecified atom stereocenters. The number of hydrogen-bond donors (Lipinski definition) is 3. The zero-order chi connectivity index (χ0) is 13.1. The van der Waals surface area contributed by atoms with Crippen molar-refractivity contribution >= 4 is 0 Å². The van der Waals surface area contributed by atoms with Crippen molar-refractivity contribution in [1.82, 2.24) is 14.8 Å². The Bertz CT molecular complexity index is 713. The molecule has 0 saturated carbocycles. The van der Waals surface area contributed by atoms with Crippen molar-refractivity contribution in [3.8, 4) is 17.5 Å². The second-order valence-electron chi connectivity index (χ2n) is 3.71. The molecule has 0 aliphatic carbocycles. The van der Waals surface area contributed by atoms with Gasteiger partial charge in [-0.1, -0.05) is 11.8 Å². The number of hydrogen-bond acceptors (Lipinski definition) is 3.